The van der Waals surface area contributed by atoms with E-state index in [4.69, 9.17) is 0 Å². The molecule has 0 radical (unpaired) electrons. The lowest BCUT2D eigenvalue weighted by atomic mass is 10.1. The molecule has 1 aromatic rings. The van der Waals surface area contributed by atoms with Crippen LogP contribution in [0.5, 0.6) is 0 Å². The molecular weight excluding hydrogens is 318 g/mol. The standard InChI is InChI=1S/C14H25N5O3S/c1-10-6-15-14(16-13(10)17(2)3)19-7-11(12(20)8-19)9-23(21,22)18(4)5/h6,11-12,20H,7-9H2,1-5H3/t11-,12-/m0/s1. The third kappa shape index (κ3) is 3.91. The van der Waals surface area contributed by atoms with E-state index in [0.29, 0.717) is 19.0 Å². The van der Waals surface area contributed by atoms with Crippen molar-refractivity contribution in [3.63, 3.8) is 0 Å². The fourth-order valence-electron chi connectivity index (χ4n) is 2.63. The maximum Gasteiger partial charge on any atom is 0.227 e. The van der Waals surface area contributed by atoms with E-state index >= 15 is 0 Å². The highest BCUT2D eigenvalue weighted by atomic mass is 32.2. The van der Waals surface area contributed by atoms with Crippen molar-refractivity contribution in [1.82, 2.24) is 14.3 Å². The minimum atomic E-state index is -3.35. The van der Waals surface area contributed by atoms with Crippen LogP contribution in [-0.2, 0) is 10.0 Å². The third-order valence-electron chi connectivity index (χ3n) is 4.03. The van der Waals surface area contributed by atoms with Crippen molar-refractivity contribution < 1.29 is 13.5 Å². The zero-order valence-corrected chi connectivity index (χ0v) is 15.1. The van der Waals surface area contributed by atoms with Crippen LogP contribution in [0.3, 0.4) is 0 Å². The number of aryl methyl sites for hydroxylation is 1. The van der Waals surface area contributed by atoms with Crippen LogP contribution in [0.2, 0.25) is 0 Å². The zero-order valence-electron chi connectivity index (χ0n) is 14.3. The molecule has 0 unspecified atom stereocenters. The highest BCUT2D eigenvalue weighted by Gasteiger charge is 2.36. The molecule has 1 N–H and O–H groups in total. The molecule has 0 spiro atoms. The fourth-order valence-corrected chi connectivity index (χ4v) is 3.80. The van der Waals surface area contributed by atoms with Gasteiger partial charge in [0.15, 0.2) is 0 Å². The van der Waals surface area contributed by atoms with E-state index in [1.165, 1.54) is 18.4 Å². The van der Waals surface area contributed by atoms with Gasteiger partial charge in [0.25, 0.3) is 0 Å². The molecule has 0 amide bonds. The number of hydrogen-bond donors (Lipinski definition) is 1. The zero-order chi connectivity index (χ0) is 17.4. The first kappa shape index (κ1) is 17.9. The highest BCUT2D eigenvalue weighted by molar-refractivity contribution is 7.89. The number of hydrogen-bond acceptors (Lipinski definition) is 7. The molecule has 2 heterocycles. The number of aliphatic hydroxyl groups is 1. The van der Waals surface area contributed by atoms with Crippen molar-refractivity contribution in [1.29, 1.82) is 0 Å². The molecule has 2 atom stereocenters. The molecule has 0 aliphatic carbocycles. The summed E-state index contributed by atoms with van der Waals surface area (Å²) in [6, 6.07) is 0. The van der Waals surface area contributed by atoms with Gasteiger partial charge in [0.1, 0.15) is 5.82 Å². The molecule has 23 heavy (non-hydrogen) atoms. The van der Waals surface area contributed by atoms with Crippen LogP contribution in [0.4, 0.5) is 11.8 Å². The third-order valence-corrected chi connectivity index (χ3v) is 5.99. The van der Waals surface area contributed by atoms with Gasteiger partial charge in [-0.05, 0) is 6.92 Å². The Kier molecular flexibility index (Phi) is 5.12. The maximum atomic E-state index is 12.0. The van der Waals surface area contributed by atoms with E-state index in [-0.39, 0.29) is 11.7 Å². The van der Waals surface area contributed by atoms with E-state index in [1.54, 1.807) is 6.20 Å². The Morgan fingerprint density at radius 3 is 2.52 bits per heavy atom. The Morgan fingerprint density at radius 1 is 1.30 bits per heavy atom. The van der Waals surface area contributed by atoms with Crippen molar-refractivity contribution in [3.05, 3.63) is 11.8 Å². The second kappa shape index (κ2) is 6.58. The molecule has 1 fully saturated rings. The first-order chi connectivity index (χ1) is 10.6. The molecule has 1 aliphatic heterocycles. The Balaban J connectivity index is 2.17. The van der Waals surface area contributed by atoms with Gasteiger partial charge in [-0.15, -0.1) is 0 Å². The van der Waals surface area contributed by atoms with Crippen LogP contribution in [-0.4, -0.2) is 80.9 Å². The first-order valence-corrected chi connectivity index (χ1v) is 9.07. The van der Waals surface area contributed by atoms with Crippen molar-refractivity contribution in [3.8, 4) is 0 Å². The lowest BCUT2D eigenvalue weighted by Gasteiger charge is -2.20. The number of β-amino-alcohol motifs (C(OH)–C–C–N with tert-alkyl or cyclic N) is 1. The number of aromatic nitrogens is 2. The number of aliphatic hydroxyl groups excluding tert-OH is 1. The average molecular weight is 343 g/mol. The molecule has 8 nitrogen and oxygen atoms in total. The summed E-state index contributed by atoms with van der Waals surface area (Å²) >= 11 is 0. The van der Waals surface area contributed by atoms with Gasteiger partial charge in [0, 0.05) is 59.0 Å². The van der Waals surface area contributed by atoms with Crippen molar-refractivity contribution in [2.75, 3.05) is 56.8 Å². The maximum absolute atomic E-state index is 12.0. The predicted octanol–water partition coefficient (Wildman–Crippen LogP) is -0.460. The van der Waals surface area contributed by atoms with Gasteiger partial charge in [-0.3, -0.25) is 0 Å². The molecule has 130 valence electrons. The average Bonchev–Trinajstić information content (AvgIpc) is 2.79. The summed E-state index contributed by atoms with van der Waals surface area (Å²) < 4.78 is 25.2. The normalized spacial score (nSPS) is 22.0. The molecule has 1 aliphatic rings. The van der Waals surface area contributed by atoms with E-state index in [0.717, 1.165) is 11.4 Å². The van der Waals surface area contributed by atoms with Crippen molar-refractivity contribution in [2.24, 2.45) is 5.92 Å². The van der Waals surface area contributed by atoms with E-state index < -0.39 is 16.1 Å². The molecule has 0 saturated carbocycles. The van der Waals surface area contributed by atoms with Crippen LogP contribution >= 0.6 is 0 Å². The summed E-state index contributed by atoms with van der Waals surface area (Å²) in [7, 11) is 3.47. The van der Waals surface area contributed by atoms with Crippen LogP contribution in [0, 0.1) is 12.8 Å². The van der Waals surface area contributed by atoms with Crippen molar-refractivity contribution >= 4 is 21.8 Å². The molecule has 1 aromatic heterocycles. The largest absolute Gasteiger partial charge is 0.391 e. The molecule has 0 aromatic carbocycles. The summed E-state index contributed by atoms with van der Waals surface area (Å²) in [4.78, 5) is 12.6. The predicted molar refractivity (Wildman–Crippen MR) is 90.3 cm³/mol. The molecule has 0 bridgehead atoms. The van der Waals surface area contributed by atoms with E-state index in [1.807, 2.05) is 30.8 Å². The Hall–Kier alpha value is -1.45. The molecule has 9 heteroatoms. The smallest absolute Gasteiger partial charge is 0.227 e. The van der Waals surface area contributed by atoms with Crippen LogP contribution in [0.1, 0.15) is 5.56 Å². The quantitative estimate of drug-likeness (QED) is 0.774. The summed E-state index contributed by atoms with van der Waals surface area (Å²) in [6.07, 6.45) is 1.03. The second-order valence-corrected chi connectivity index (χ2v) is 8.59. The van der Waals surface area contributed by atoms with Crippen molar-refractivity contribution in [2.45, 2.75) is 13.0 Å². The molecule has 1 saturated heterocycles. The van der Waals surface area contributed by atoms with Gasteiger partial charge < -0.3 is 14.9 Å². The monoisotopic (exact) mass is 343 g/mol. The Bertz CT molecular complexity index is 662. The lowest BCUT2D eigenvalue weighted by molar-refractivity contribution is 0.157. The first-order valence-electron chi connectivity index (χ1n) is 7.46. The van der Waals surface area contributed by atoms with Crippen LogP contribution < -0.4 is 9.80 Å². The van der Waals surface area contributed by atoms with Gasteiger partial charge in [-0.25, -0.2) is 17.7 Å². The van der Waals surface area contributed by atoms with E-state index in [9.17, 15) is 13.5 Å². The summed E-state index contributed by atoms with van der Waals surface area (Å²) in [5.41, 5.74) is 0.963. The molecule has 2 rings (SSSR count). The topological polar surface area (TPSA) is 89.9 Å². The number of anilines is 2. The molecular formula is C14H25N5O3S. The summed E-state index contributed by atoms with van der Waals surface area (Å²) in [6.45, 7) is 2.69. The summed E-state index contributed by atoms with van der Waals surface area (Å²) in [5.74, 6) is 0.899. The van der Waals surface area contributed by atoms with Gasteiger partial charge >= 0.3 is 0 Å². The minimum absolute atomic E-state index is 0.0793. The minimum Gasteiger partial charge on any atom is -0.391 e. The van der Waals surface area contributed by atoms with Gasteiger partial charge in [-0.2, -0.15) is 4.98 Å². The Morgan fingerprint density at radius 2 is 1.96 bits per heavy atom. The number of rotatable bonds is 5. The van der Waals surface area contributed by atoms with Gasteiger partial charge in [0.05, 0.1) is 11.9 Å². The number of nitrogens with zero attached hydrogens (tertiary/aromatic N) is 5. The SMILES string of the molecule is Cc1cnc(N2C[C@@H](CS(=O)(=O)N(C)C)[C@@H](O)C2)nc1N(C)C. The second-order valence-electron chi connectivity index (χ2n) is 6.36. The van der Waals surface area contributed by atoms with Crippen LogP contribution in [0.15, 0.2) is 6.20 Å². The highest BCUT2D eigenvalue weighted by Crippen LogP contribution is 2.25. The van der Waals surface area contributed by atoms with Crippen LogP contribution in [0.25, 0.3) is 0 Å². The summed E-state index contributed by atoms with van der Waals surface area (Å²) in [5, 5.41) is 10.2. The Labute approximate surface area is 137 Å². The van der Waals surface area contributed by atoms with E-state index in [2.05, 4.69) is 9.97 Å². The number of sulfonamides is 1. The lowest BCUT2D eigenvalue weighted by Crippen LogP contribution is -2.33. The fraction of sp³-hybridized carbons (Fsp3) is 0.714. The van der Waals surface area contributed by atoms with Gasteiger partial charge in [-0.1, -0.05) is 0 Å². The van der Waals surface area contributed by atoms with Gasteiger partial charge in [0.2, 0.25) is 16.0 Å².